The van der Waals surface area contributed by atoms with E-state index in [9.17, 15) is 9.59 Å². The highest BCUT2D eigenvalue weighted by Crippen LogP contribution is 2.31. The quantitative estimate of drug-likeness (QED) is 0.0630. The summed E-state index contributed by atoms with van der Waals surface area (Å²) in [5, 5.41) is 20.2. The normalized spacial score (nSPS) is 13.0. The number of methoxy groups -OCH3 is 1. The van der Waals surface area contributed by atoms with Crippen LogP contribution in [0, 0.1) is 5.82 Å². The van der Waals surface area contributed by atoms with Gasteiger partial charge in [-0.25, -0.2) is 13.9 Å². The second-order valence-corrected chi connectivity index (χ2v) is 18.9. The molecule has 0 aliphatic rings. The van der Waals surface area contributed by atoms with E-state index in [0.717, 1.165) is 11.1 Å². The smallest absolute Gasteiger partial charge is 0.312 e. The first kappa shape index (κ1) is 47.3. The largest absolute Gasteiger partial charge is 0.479 e. The molecule has 7 aromatic rings. The van der Waals surface area contributed by atoms with Crippen molar-refractivity contribution in [1.82, 2.24) is 34.5 Å². The van der Waals surface area contributed by atoms with Gasteiger partial charge >= 0.3 is 11.0 Å². The first-order chi connectivity index (χ1) is 31.8. The van der Waals surface area contributed by atoms with Crippen LogP contribution in [0.5, 0.6) is 5.88 Å². The van der Waals surface area contributed by atoms with Crippen molar-refractivity contribution in [2.75, 3.05) is 17.7 Å². The predicted molar refractivity (Wildman–Crippen MR) is 260 cm³/mol. The van der Waals surface area contributed by atoms with Crippen LogP contribution in [0.15, 0.2) is 132 Å². The van der Waals surface area contributed by atoms with Crippen molar-refractivity contribution < 1.29 is 23.3 Å². The molecule has 2 amide bonds. The molecule has 0 saturated carbocycles. The Bertz CT molecular complexity index is 2780. The zero-order chi connectivity index (χ0) is 46.9. The summed E-state index contributed by atoms with van der Waals surface area (Å²) in [6, 6.07) is 30.7. The number of halogens is 1. The number of carbonyl (C=O) groups is 2. The Morgan fingerprint density at radius 1 is 0.758 bits per heavy atom. The molecule has 3 atom stereocenters. The standard InChI is InChI=1S/C50H53FN10O3S2/c1-31(2)36-17-21-41(22-18-36)54-46(62)34(6)65-49-57-56-44(40-28-43(51)48(64-8)53-30-40)59(49)26-13-27-60-50(66-35(7)47(63)55-42-23-19-37(20-24-42)32(3)4)61(33(5)38-14-10-9-11-15-38)45(58-60)39-16-12-25-52-29-39/h9-25,27-35H,26H2,1-8H3,(H-,54,55,62,63)/p+1. The molecule has 0 spiro atoms. The first-order valence-electron chi connectivity index (χ1n) is 21.7. The Morgan fingerprint density at radius 3 is 1.94 bits per heavy atom. The summed E-state index contributed by atoms with van der Waals surface area (Å²) >= 11 is 2.60. The Kier molecular flexibility index (Phi) is 15.5. The van der Waals surface area contributed by atoms with Gasteiger partial charge in [0, 0.05) is 42.1 Å². The molecule has 340 valence electrons. The first-order valence-corrected chi connectivity index (χ1v) is 23.5. The fraction of sp³-hybridized carbons (Fsp3) is 0.280. The number of amides is 2. The molecule has 0 bridgehead atoms. The molecular weight excluding hydrogens is 872 g/mol. The third kappa shape index (κ3) is 11.2. The number of hydrogen-bond acceptors (Lipinski definition) is 10. The van der Waals surface area contributed by atoms with Gasteiger partial charge in [-0.15, -0.1) is 10.2 Å². The van der Waals surface area contributed by atoms with Crippen molar-refractivity contribution in [2.45, 2.75) is 93.7 Å². The average molecular weight is 926 g/mol. The van der Waals surface area contributed by atoms with Crippen molar-refractivity contribution in [1.29, 1.82) is 0 Å². The SMILES string of the molecule is COc1ncc(-c2nnc(SC(C)C(=O)Nc3ccc(C(C)C)cc3)n2CC=Cn2nc(-c3cccnc3)[n+](C(C)c3ccccc3)c2SC(C)C(=O)Nc2ccc(C(C)C)cc2)cc1F. The summed E-state index contributed by atoms with van der Waals surface area (Å²) in [5.74, 6) is 0.511. The number of carbonyl (C=O) groups excluding carboxylic acids is 2. The Balaban J connectivity index is 1.25. The Hall–Kier alpha value is -6.65. The van der Waals surface area contributed by atoms with E-state index < -0.39 is 16.3 Å². The van der Waals surface area contributed by atoms with Gasteiger partial charge < -0.3 is 15.4 Å². The molecule has 0 radical (unpaired) electrons. The third-order valence-electron chi connectivity index (χ3n) is 10.9. The van der Waals surface area contributed by atoms with E-state index in [1.165, 1.54) is 54.0 Å². The van der Waals surface area contributed by atoms with Gasteiger partial charge in [0.05, 0.1) is 28.3 Å². The predicted octanol–water partition coefficient (Wildman–Crippen LogP) is 10.3. The number of thioether (sulfide) groups is 2. The summed E-state index contributed by atoms with van der Waals surface area (Å²) in [6.45, 7) is 14.5. The number of rotatable bonds is 18. The van der Waals surface area contributed by atoms with Gasteiger partial charge in [-0.05, 0) is 110 Å². The summed E-state index contributed by atoms with van der Waals surface area (Å²) in [4.78, 5) is 36.0. The maximum absolute atomic E-state index is 15.1. The lowest BCUT2D eigenvalue weighted by Crippen LogP contribution is -2.42. The minimum absolute atomic E-state index is 0.149. The number of hydrogen-bond donors (Lipinski definition) is 2. The maximum Gasteiger partial charge on any atom is 0.312 e. The van der Waals surface area contributed by atoms with Crippen LogP contribution < -0.4 is 19.9 Å². The fourth-order valence-corrected chi connectivity index (χ4v) is 8.95. The van der Waals surface area contributed by atoms with Crippen molar-refractivity contribution in [3.05, 3.63) is 144 Å². The van der Waals surface area contributed by atoms with Crippen LogP contribution in [0.4, 0.5) is 15.8 Å². The number of aromatic nitrogens is 8. The lowest BCUT2D eigenvalue weighted by Gasteiger charge is -2.16. The third-order valence-corrected chi connectivity index (χ3v) is 13.2. The highest BCUT2D eigenvalue weighted by molar-refractivity contribution is 8.00. The van der Waals surface area contributed by atoms with Crippen LogP contribution in [0.25, 0.3) is 29.0 Å². The summed E-state index contributed by atoms with van der Waals surface area (Å²) in [5.41, 5.74) is 5.95. The summed E-state index contributed by atoms with van der Waals surface area (Å²) in [7, 11) is 1.35. The molecule has 3 unspecified atom stereocenters. The number of anilines is 2. The zero-order valence-corrected chi connectivity index (χ0v) is 39.8. The van der Waals surface area contributed by atoms with Crippen LogP contribution in [-0.2, 0) is 16.1 Å². The number of ether oxygens (including phenoxy) is 1. The van der Waals surface area contributed by atoms with Crippen LogP contribution in [0.3, 0.4) is 0 Å². The van der Waals surface area contributed by atoms with Gasteiger partial charge in [0.15, 0.2) is 16.8 Å². The highest BCUT2D eigenvalue weighted by atomic mass is 32.2. The van der Waals surface area contributed by atoms with Crippen molar-refractivity contribution in [3.63, 3.8) is 0 Å². The lowest BCUT2D eigenvalue weighted by atomic mass is 10.0. The van der Waals surface area contributed by atoms with Gasteiger partial charge in [-0.1, -0.05) is 98.7 Å². The minimum atomic E-state index is -0.658. The van der Waals surface area contributed by atoms with Crippen LogP contribution in [0.1, 0.15) is 83.0 Å². The van der Waals surface area contributed by atoms with Gasteiger partial charge in [-0.2, -0.15) is 0 Å². The van der Waals surface area contributed by atoms with Gasteiger partial charge in [-0.3, -0.25) is 19.1 Å². The number of pyridine rings is 2. The maximum atomic E-state index is 15.1. The fourth-order valence-electron chi connectivity index (χ4n) is 7.04. The van der Waals surface area contributed by atoms with Crippen molar-refractivity contribution >= 4 is 52.9 Å². The van der Waals surface area contributed by atoms with E-state index in [-0.39, 0.29) is 30.3 Å². The number of nitrogens with one attached hydrogen (secondary N) is 2. The summed E-state index contributed by atoms with van der Waals surface area (Å²) < 4.78 is 25.9. The van der Waals surface area contributed by atoms with Gasteiger partial charge in [0.25, 0.3) is 0 Å². The van der Waals surface area contributed by atoms with E-state index >= 15 is 4.39 Å². The van der Waals surface area contributed by atoms with Crippen LogP contribution >= 0.6 is 23.5 Å². The molecule has 3 aromatic carbocycles. The molecule has 4 heterocycles. The molecule has 4 aromatic heterocycles. The molecule has 2 N–H and O–H groups in total. The second-order valence-electron chi connectivity index (χ2n) is 16.3. The average Bonchev–Trinajstić information content (AvgIpc) is 3.89. The molecule has 0 fully saturated rings. The highest BCUT2D eigenvalue weighted by Gasteiger charge is 2.34. The molecule has 13 nitrogen and oxygen atoms in total. The molecule has 66 heavy (non-hydrogen) atoms. The monoisotopic (exact) mass is 925 g/mol. The topological polar surface area (TPSA) is 146 Å². The molecule has 0 aliphatic carbocycles. The second kappa shape index (κ2) is 21.6. The van der Waals surface area contributed by atoms with E-state index in [2.05, 4.69) is 82.1 Å². The molecule has 7 rings (SSSR count). The minimum Gasteiger partial charge on any atom is -0.479 e. The molecule has 0 aliphatic heterocycles. The Labute approximate surface area is 393 Å². The van der Waals surface area contributed by atoms with E-state index in [1.807, 2.05) is 98.1 Å². The number of allylic oxidation sites excluding steroid dienone is 1. The molecule has 0 saturated heterocycles. The van der Waals surface area contributed by atoms with Crippen molar-refractivity contribution in [2.24, 2.45) is 0 Å². The van der Waals surface area contributed by atoms with Crippen LogP contribution in [0.2, 0.25) is 0 Å². The molecule has 16 heteroatoms. The van der Waals surface area contributed by atoms with Crippen LogP contribution in [-0.4, -0.2) is 63.9 Å². The van der Waals surface area contributed by atoms with E-state index in [0.29, 0.717) is 50.7 Å². The van der Waals surface area contributed by atoms with Gasteiger partial charge in [0.2, 0.25) is 17.7 Å². The van der Waals surface area contributed by atoms with E-state index in [4.69, 9.17) is 9.84 Å². The van der Waals surface area contributed by atoms with Crippen molar-refractivity contribution in [3.8, 4) is 28.7 Å². The summed E-state index contributed by atoms with van der Waals surface area (Å²) in [6.07, 6.45) is 8.66. The Morgan fingerprint density at radius 2 is 1.38 bits per heavy atom. The molecular formula is C50H54FN10O3S2+. The van der Waals surface area contributed by atoms with E-state index in [1.54, 1.807) is 28.6 Å². The van der Waals surface area contributed by atoms with Gasteiger partial charge in [0.1, 0.15) is 12.2 Å². The number of nitrogens with zero attached hydrogens (tertiary/aromatic N) is 8. The number of benzene rings is 3. The zero-order valence-electron chi connectivity index (χ0n) is 38.2. The lowest BCUT2D eigenvalue weighted by molar-refractivity contribution is -0.736.